The molecule has 0 atom stereocenters. The molecular formula is CH4O2Ti2. The summed E-state index contributed by atoms with van der Waals surface area (Å²) in [4.78, 5) is 0. The number of hydrogen-bond acceptors (Lipinski definition) is 2. The smallest absolute Gasteiger partial charge is 0 e. The van der Waals surface area contributed by atoms with Gasteiger partial charge in [-0.3, -0.25) is 0 Å². The SMILES string of the molecule is C.[O]=[Ti]=[O].[Ti]. The maximum absolute atomic E-state index is 8.50. The van der Waals surface area contributed by atoms with Crippen LogP contribution in [0, 0.1) is 0 Å². The molecule has 0 aromatic heterocycles. The summed E-state index contributed by atoms with van der Waals surface area (Å²) in [7, 11) is 0. The van der Waals surface area contributed by atoms with E-state index in [1.807, 2.05) is 0 Å². The van der Waals surface area contributed by atoms with Crippen LogP contribution in [0.4, 0.5) is 0 Å². The van der Waals surface area contributed by atoms with Crippen molar-refractivity contribution < 1.29 is 47.5 Å². The van der Waals surface area contributed by atoms with Crippen molar-refractivity contribution in [2.75, 3.05) is 0 Å². The molecular weight excluding hydrogens is 140 g/mol. The van der Waals surface area contributed by atoms with E-state index in [4.69, 9.17) is 6.65 Å². The van der Waals surface area contributed by atoms with E-state index >= 15 is 0 Å². The molecule has 5 heavy (non-hydrogen) atoms. The summed E-state index contributed by atoms with van der Waals surface area (Å²) in [6.45, 7) is 0. The molecule has 0 bridgehead atoms. The topological polar surface area (TPSA) is 34.1 Å². The van der Waals surface area contributed by atoms with Crippen LogP contribution in [-0.2, 0) is 47.5 Å². The van der Waals surface area contributed by atoms with Gasteiger partial charge < -0.3 is 0 Å². The van der Waals surface area contributed by atoms with Crippen LogP contribution >= 0.6 is 0 Å². The van der Waals surface area contributed by atoms with Crippen molar-refractivity contribution in [3.63, 3.8) is 0 Å². The largest absolute Gasteiger partial charge is 0 e. The first-order valence-electron chi connectivity index (χ1n) is 0.408. The van der Waals surface area contributed by atoms with Gasteiger partial charge in [-0.1, -0.05) is 7.43 Å². The monoisotopic (exact) mass is 144 g/mol. The second-order valence-corrected chi connectivity index (χ2v) is 0.344. The quantitative estimate of drug-likeness (QED) is 0.460. The second-order valence-electron chi connectivity index (χ2n) is 0.0833. The van der Waals surface area contributed by atoms with Crippen LogP contribution in [0.1, 0.15) is 7.43 Å². The van der Waals surface area contributed by atoms with Crippen LogP contribution in [0.3, 0.4) is 0 Å². The Hall–Kier alpha value is 1.03. The fourth-order valence-corrected chi connectivity index (χ4v) is 0. The molecule has 0 saturated heterocycles. The van der Waals surface area contributed by atoms with E-state index in [-0.39, 0.29) is 29.1 Å². The standard InChI is InChI=1S/CH4.2O.2Ti/h1H4;;;;. The van der Waals surface area contributed by atoms with Crippen molar-refractivity contribution in [1.29, 1.82) is 0 Å². The molecule has 0 heterocycles. The van der Waals surface area contributed by atoms with Gasteiger partial charge >= 0.3 is 25.7 Å². The average Bonchev–Trinajstić information content (AvgIpc) is 0.918. The number of rotatable bonds is 0. The van der Waals surface area contributed by atoms with E-state index < -0.39 is 19.1 Å². The average molecular weight is 144 g/mol. The zero-order chi connectivity index (χ0) is 2.71. The summed E-state index contributed by atoms with van der Waals surface area (Å²) in [6.07, 6.45) is 0. The molecule has 0 fully saturated rings. The summed E-state index contributed by atoms with van der Waals surface area (Å²) < 4.78 is 17.0. The Balaban J connectivity index is -0.0000000200. The van der Waals surface area contributed by atoms with Gasteiger partial charge in [-0.25, -0.2) is 0 Å². The van der Waals surface area contributed by atoms with Gasteiger partial charge in [0.2, 0.25) is 0 Å². The molecule has 0 rings (SSSR count). The minimum atomic E-state index is -2.00. The molecule has 0 aliphatic carbocycles. The minimum Gasteiger partial charge on any atom is 0 e. The Bertz CT molecular complexity index is 28.6. The van der Waals surface area contributed by atoms with Gasteiger partial charge in [0, 0.05) is 21.7 Å². The third-order valence-electron chi connectivity index (χ3n) is 0. The summed E-state index contributed by atoms with van der Waals surface area (Å²) in [5, 5.41) is 0. The molecule has 2 nitrogen and oxygen atoms in total. The zero-order valence-electron chi connectivity index (χ0n) is 1.82. The second kappa shape index (κ2) is 19.8. The van der Waals surface area contributed by atoms with E-state index in [2.05, 4.69) is 0 Å². The molecule has 4 heteroatoms. The molecule has 0 aliphatic rings. The number of hydrogen-bond donors (Lipinski definition) is 0. The van der Waals surface area contributed by atoms with E-state index in [9.17, 15) is 0 Å². The molecule has 28 valence electrons. The molecule has 0 N–H and O–H groups in total. The van der Waals surface area contributed by atoms with Crippen molar-refractivity contribution in [1.82, 2.24) is 0 Å². The molecule has 0 aromatic rings. The Kier molecular flexibility index (Phi) is 65.9. The van der Waals surface area contributed by atoms with Gasteiger partial charge in [-0.15, -0.1) is 0 Å². The predicted octanol–water partition coefficient (Wildman–Crippen LogP) is 0.393. The van der Waals surface area contributed by atoms with Gasteiger partial charge in [-0.2, -0.15) is 0 Å². The summed E-state index contributed by atoms with van der Waals surface area (Å²) in [5.74, 6) is 0. The first kappa shape index (κ1) is 16.6. The summed E-state index contributed by atoms with van der Waals surface area (Å²) >= 11 is -2.00. The van der Waals surface area contributed by atoms with Crippen molar-refractivity contribution in [3.8, 4) is 0 Å². The van der Waals surface area contributed by atoms with Crippen LogP contribution in [0.5, 0.6) is 0 Å². The van der Waals surface area contributed by atoms with Crippen molar-refractivity contribution in [2.45, 2.75) is 7.43 Å². The van der Waals surface area contributed by atoms with Crippen molar-refractivity contribution in [3.05, 3.63) is 0 Å². The molecule has 0 spiro atoms. The first-order chi connectivity index (χ1) is 1.41. The van der Waals surface area contributed by atoms with Gasteiger partial charge in [0.05, 0.1) is 0 Å². The third kappa shape index (κ3) is 43.6. The molecule has 0 radical (unpaired) electrons. The molecule has 0 unspecified atom stereocenters. The van der Waals surface area contributed by atoms with E-state index in [0.717, 1.165) is 0 Å². The van der Waals surface area contributed by atoms with Gasteiger partial charge in [0.25, 0.3) is 0 Å². The van der Waals surface area contributed by atoms with Crippen LogP contribution in [0.25, 0.3) is 0 Å². The maximum atomic E-state index is 8.50. The van der Waals surface area contributed by atoms with E-state index in [0.29, 0.717) is 0 Å². The molecule has 0 aliphatic heterocycles. The molecule has 0 aromatic carbocycles. The Morgan fingerprint density at radius 1 is 1.20 bits per heavy atom. The zero-order valence-corrected chi connectivity index (χ0v) is 4.94. The van der Waals surface area contributed by atoms with Gasteiger partial charge in [0.1, 0.15) is 0 Å². The normalized spacial score (nSPS) is 1.60. The van der Waals surface area contributed by atoms with Crippen LogP contribution < -0.4 is 0 Å². The predicted molar refractivity (Wildman–Crippen MR) is 8.10 cm³/mol. The first-order valence-corrected chi connectivity index (χ1v) is 1.68. The van der Waals surface area contributed by atoms with Gasteiger partial charge in [0.15, 0.2) is 0 Å². The summed E-state index contributed by atoms with van der Waals surface area (Å²) in [5.41, 5.74) is 0. The van der Waals surface area contributed by atoms with Crippen molar-refractivity contribution >= 4 is 0 Å². The fraction of sp³-hybridized carbons (Fsp3) is 1.00. The third-order valence-corrected chi connectivity index (χ3v) is 0. The van der Waals surface area contributed by atoms with Crippen LogP contribution in [0.15, 0.2) is 0 Å². The summed E-state index contributed by atoms with van der Waals surface area (Å²) in [6, 6.07) is 0. The Morgan fingerprint density at radius 3 is 1.20 bits per heavy atom. The fourth-order valence-electron chi connectivity index (χ4n) is 0. The Morgan fingerprint density at radius 2 is 1.20 bits per heavy atom. The van der Waals surface area contributed by atoms with Crippen molar-refractivity contribution in [2.24, 2.45) is 0 Å². The van der Waals surface area contributed by atoms with E-state index in [1.54, 1.807) is 0 Å². The Labute approximate surface area is 54.8 Å². The molecule has 0 amide bonds. The molecule has 0 saturated carbocycles. The van der Waals surface area contributed by atoms with Crippen LogP contribution in [-0.4, -0.2) is 0 Å². The van der Waals surface area contributed by atoms with E-state index in [1.165, 1.54) is 0 Å². The van der Waals surface area contributed by atoms with Crippen LogP contribution in [0.2, 0.25) is 0 Å². The maximum Gasteiger partial charge on any atom is 0 e. The van der Waals surface area contributed by atoms with Gasteiger partial charge in [-0.05, 0) is 0 Å². The minimum absolute atomic E-state index is 0.